The molecule has 1 heterocycles. The minimum absolute atomic E-state index is 0.0753. The van der Waals surface area contributed by atoms with Crippen LogP contribution in [0.25, 0.3) is 11.1 Å². The molecule has 4 N–H and O–H groups in total. The van der Waals surface area contributed by atoms with Crippen LogP contribution in [0.15, 0.2) is 48.5 Å². The van der Waals surface area contributed by atoms with Crippen molar-refractivity contribution in [1.82, 2.24) is 20.5 Å². The zero-order valence-electron chi connectivity index (χ0n) is 17.4. The SMILES string of the molecule is O=C(Nc1n[nH]c(C(=O)NCC2CC2C(=O)O)n1)OCC1c2ccccc2-c2ccccc21. The lowest BCUT2D eigenvalue weighted by molar-refractivity contribution is -0.138. The zero-order valence-corrected chi connectivity index (χ0v) is 17.4. The summed E-state index contributed by atoms with van der Waals surface area (Å²) < 4.78 is 5.43. The molecule has 2 atom stereocenters. The van der Waals surface area contributed by atoms with E-state index >= 15 is 0 Å². The summed E-state index contributed by atoms with van der Waals surface area (Å²) >= 11 is 0. The average Bonchev–Trinajstić information content (AvgIpc) is 3.35. The number of rotatable bonds is 7. The van der Waals surface area contributed by atoms with E-state index in [4.69, 9.17) is 9.84 Å². The van der Waals surface area contributed by atoms with Crippen LogP contribution in [-0.2, 0) is 9.53 Å². The number of anilines is 1. The highest BCUT2D eigenvalue weighted by atomic mass is 16.5. The smallest absolute Gasteiger partial charge is 0.414 e. The van der Waals surface area contributed by atoms with E-state index in [0.717, 1.165) is 22.3 Å². The number of aliphatic carboxylic acids is 1. The Morgan fingerprint density at radius 2 is 1.73 bits per heavy atom. The van der Waals surface area contributed by atoms with Gasteiger partial charge >= 0.3 is 12.1 Å². The number of ether oxygens (including phenoxy) is 1. The maximum atomic E-state index is 12.3. The van der Waals surface area contributed by atoms with E-state index in [-0.39, 0.29) is 36.8 Å². The van der Waals surface area contributed by atoms with E-state index in [2.05, 4.69) is 37.9 Å². The van der Waals surface area contributed by atoms with Crippen LogP contribution >= 0.6 is 0 Å². The number of hydrogen-bond acceptors (Lipinski definition) is 6. The number of nitrogens with one attached hydrogen (secondary N) is 3. The molecule has 33 heavy (non-hydrogen) atoms. The van der Waals surface area contributed by atoms with Gasteiger partial charge in [-0.05, 0) is 34.6 Å². The molecular weight excluding hydrogens is 426 g/mol. The van der Waals surface area contributed by atoms with Gasteiger partial charge in [-0.1, -0.05) is 48.5 Å². The van der Waals surface area contributed by atoms with Crippen LogP contribution in [0.5, 0.6) is 0 Å². The van der Waals surface area contributed by atoms with Crippen molar-refractivity contribution >= 4 is 23.9 Å². The van der Waals surface area contributed by atoms with Crippen LogP contribution < -0.4 is 10.6 Å². The summed E-state index contributed by atoms with van der Waals surface area (Å²) in [5, 5.41) is 20.2. The van der Waals surface area contributed by atoms with E-state index in [1.165, 1.54) is 0 Å². The topological polar surface area (TPSA) is 146 Å². The first-order chi connectivity index (χ1) is 16.0. The first-order valence-corrected chi connectivity index (χ1v) is 10.6. The van der Waals surface area contributed by atoms with Crippen molar-refractivity contribution in [2.45, 2.75) is 12.3 Å². The maximum absolute atomic E-state index is 12.3. The Bertz CT molecular complexity index is 1190. The average molecular weight is 447 g/mol. The van der Waals surface area contributed by atoms with E-state index < -0.39 is 23.9 Å². The first-order valence-electron chi connectivity index (χ1n) is 10.6. The molecule has 0 spiro atoms. The molecule has 2 unspecified atom stereocenters. The molecule has 2 amide bonds. The number of carbonyl (C=O) groups excluding carboxylic acids is 2. The normalized spacial score (nSPS) is 18.2. The van der Waals surface area contributed by atoms with Crippen molar-refractivity contribution in [3.05, 3.63) is 65.5 Å². The molecule has 0 radical (unpaired) electrons. The number of fused-ring (bicyclic) bond motifs is 3. The van der Waals surface area contributed by atoms with Gasteiger partial charge in [-0.3, -0.25) is 20.0 Å². The standard InChI is InChI=1S/C23H21N5O5/c29-20(24-10-12-9-17(12)21(30)31)19-25-22(28-27-19)26-23(32)33-11-18-15-7-3-1-5-13(15)14-6-2-4-8-16(14)18/h1-8,12,17-18H,9-11H2,(H,24,29)(H,30,31)(H2,25,26,27,28,32). The van der Waals surface area contributed by atoms with Gasteiger partial charge in [0, 0.05) is 12.5 Å². The maximum Gasteiger partial charge on any atom is 0.414 e. The van der Waals surface area contributed by atoms with Gasteiger partial charge < -0.3 is 15.2 Å². The molecule has 0 bridgehead atoms. The van der Waals surface area contributed by atoms with Crippen LogP contribution in [0.4, 0.5) is 10.7 Å². The van der Waals surface area contributed by atoms with E-state index in [1.807, 2.05) is 36.4 Å². The van der Waals surface area contributed by atoms with Crippen LogP contribution in [0, 0.1) is 11.8 Å². The Morgan fingerprint density at radius 1 is 1.06 bits per heavy atom. The number of carboxylic acids is 1. The van der Waals surface area contributed by atoms with Gasteiger partial charge in [0.15, 0.2) is 0 Å². The molecule has 10 heteroatoms. The number of aromatic nitrogens is 3. The summed E-state index contributed by atoms with van der Waals surface area (Å²) in [6.07, 6.45) is -0.189. The number of H-pyrrole nitrogens is 1. The minimum Gasteiger partial charge on any atom is -0.481 e. The van der Waals surface area contributed by atoms with Gasteiger partial charge in [0.05, 0.1) is 5.92 Å². The van der Waals surface area contributed by atoms with Crippen LogP contribution in [-0.4, -0.2) is 51.4 Å². The van der Waals surface area contributed by atoms with E-state index in [9.17, 15) is 14.4 Å². The van der Waals surface area contributed by atoms with Crippen molar-refractivity contribution in [1.29, 1.82) is 0 Å². The zero-order chi connectivity index (χ0) is 22.9. The monoisotopic (exact) mass is 447 g/mol. The number of carboxylic acid groups (broad SMARTS) is 1. The second kappa shape index (κ2) is 8.38. The van der Waals surface area contributed by atoms with Gasteiger partial charge in [0.2, 0.25) is 5.82 Å². The molecule has 2 aromatic carbocycles. The molecule has 1 aromatic heterocycles. The van der Waals surface area contributed by atoms with Crippen molar-refractivity contribution < 1.29 is 24.2 Å². The molecule has 2 aliphatic carbocycles. The highest BCUT2D eigenvalue weighted by Gasteiger charge is 2.43. The van der Waals surface area contributed by atoms with Gasteiger partial charge in [-0.25, -0.2) is 4.79 Å². The Balaban J connectivity index is 1.15. The summed E-state index contributed by atoms with van der Waals surface area (Å²) in [6.45, 7) is 0.384. The van der Waals surface area contributed by atoms with Gasteiger partial charge in [0.1, 0.15) is 6.61 Å². The molecule has 3 aromatic rings. The number of nitrogens with zero attached hydrogens (tertiary/aromatic N) is 2. The quantitative estimate of drug-likeness (QED) is 0.435. The molecule has 0 saturated heterocycles. The van der Waals surface area contributed by atoms with Gasteiger partial charge in [-0.15, -0.1) is 5.10 Å². The lowest BCUT2D eigenvalue weighted by Crippen LogP contribution is -2.27. The molecule has 168 valence electrons. The Kier molecular flexibility index (Phi) is 5.25. The summed E-state index contributed by atoms with van der Waals surface area (Å²) in [5.74, 6) is -2.13. The molecule has 5 rings (SSSR count). The first kappa shape index (κ1) is 20.7. The summed E-state index contributed by atoms with van der Waals surface area (Å²) in [7, 11) is 0. The summed E-state index contributed by atoms with van der Waals surface area (Å²) in [5.41, 5.74) is 4.47. The Morgan fingerprint density at radius 3 is 2.36 bits per heavy atom. The predicted molar refractivity (Wildman–Crippen MR) is 117 cm³/mol. The molecule has 1 saturated carbocycles. The molecule has 10 nitrogen and oxygen atoms in total. The van der Waals surface area contributed by atoms with Gasteiger partial charge in [0.25, 0.3) is 11.9 Å². The predicted octanol–water partition coefficient (Wildman–Crippen LogP) is 2.62. The molecule has 0 aliphatic heterocycles. The third kappa shape index (κ3) is 4.14. The second-order valence-corrected chi connectivity index (χ2v) is 8.11. The number of benzene rings is 2. The number of aromatic amines is 1. The Labute approximate surface area is 188 Å². The van der Waals surface area contributed by atoms with E-state index in [0.29, 0.717) is 6.42 Å². The van der Waals surface area contributed by atoms with Crippen LogP contribution in [0.1, 0.15) is 34.1 Å². The number of carbonyl (C=O) groups is 3. The molecule has 1 fully saturated rings. The minimum atomic E-state index is -0.858. The molecule has 2 aliphatic rings. The van der Waals surface area contributed by atoms with Gasteiger partial charge in [-0.2, -0.15) is 4.98 Å². The summed E-state index contributed by atoms with van der Waals surface area (Å²) in [6, 6.07) is 16.1. The molecular formula is C23H21N5O5. The van der Waals surface area contributed by atoms with Crippen LogP contribution in [0.3, 0.4) is 0 Å². The van der Waals surface area contributed by atoms with Crippen molar-refractivity contribution in [2.75, 3.05) is 18.5 Å². The fraction of sp³-hybridized carbons (Fsp3) is 0.261. The lowest BCUT2D eigenvalue weighted by Gasteiger charge is -2.13. The third-order valence-corrected chi connectivity index (χ3v) is 6.02. The lowest BCUT2D eigenvalue weighted by atomic mass is 9.98. The fourth-order valence-electron chi connectivity index (χ4n) is 4.23. The number of hydrogen-bond donors (Lipinski definition) is 4. The number of amides is 2. The highest BCUT2D eigenvalue weighted by Crippen LogP contribution is 2.44. The van der Waals surface area contributed by atoms with E-state index in [1.54, 1.807) is 0 Å². The van der Waals surface area contributed by atoms with Crippen molar-refractivity contribution in [3.8, 4) is 11.1 Å². The van der Waals surface area contributed by atoms with Crippen LogP contribution in [0.2, 0.25) is 0 Å². The summed E-state index contributed by atoms with van der Waals surface area (Å²) in [4.78, 5) is 39.3. The highest BCUT2D eigenvalue weighted by molar-refractivity contribution is 5.91. The largest absolute Gasteiger partial charge is 0.481 e. The fourth-order valence-corrected chi connectivity index (χ4v) is 4.23. The van der Waals surface area contributed by atoms with Crippen molar-refractivity contribution in [2.24, 2.45) is 11.8 Å². The Hall–Kier alpha value is -4.21. The van der Waals surface area contributed by atoms with Crippen molar-refractivity contribution in [3.63, 3.8) is 0 Å². The third-order valence-electron chi connectivity index (χ3n) is 6.02. The second-order valence-electron chi connectivity index (χ2n) is 8.11.